The minimum atomic E-state index is 0.250. The van der Waals surface area contributed by atoms with E-state index in [-0.39, 0.29) is 6.79 Å². The number of aryl methyl sites for hydroxylation is 1. The molecular formula is C22H24N4O4. The number of ether oxygens (including phenoxy) is 3. The van der Waals surface area contributed by atoms with Crippen molar-refractivity contribution in [3.63, 3.8) is 0 Å². The third-order valence-electron chi connectivity index (χ3n) is 4.52. The van der Waals surface area contributed by atoms with Crippen LogP contribution in [-0.2, 0) is 6.54 Å². The Kier molecular flexibility index (Phi) is 6.03. The number of rotatable bonds is 7. The number of aromatic nitrogens is 1. The molecule has 4 rings (SSSR count). The van der Waals surface area contributed by atoms with Crippen molar-refractivity contribution in [1.82, 2.24) is 15.6 Å². The summed E-state index contributed by atoms with van der Waals surface area (Å²) in [6.07, 6.45) is 1.65. The lowest BCUT2D eigenvalue weighted by Crippen LogP contribution is -2.38. The predicted octanol–water partition coefficient (Wildman–Crippen LogP) is 3.12. The number of nitrogens with one attached hydrogen (secondary N) is 2. The fourth-order valence-electron chi connectivity index (χ4n) is 2.92. The van der Waals surface area contributed by atoms with Crippen LogP contribution in [-0.4, -0.2) is 37.9 Å². The second-order valence-corrected chi connectivity index (χ2v) is 6.73. The van der Waals surface area contributed by atoms with E-state index in [0.717, 1.165) is 22.8 Å². The highest BCUT2D eigenvalue weighted by Gasteiger charge is 2.13. The van der Waals surface area contributed by atoms with E-state index in [0.29, 0.717) is 37.3 Å². The molecule has 0 unspecified atom stereocenters. The molecule has 156 valence electrons. The summed E-state index contributed by atoms with van der Waals surface area (Å²) in [5.41, 5.74) is 2.95. The summed E-state index contributed by atoms with van der Waals surface area (Å²) >= 11 is 0. The largest absolute Gasteiger partial charge is 0.492 e. The molecule has 8 nitrogen and oxygen atoms in total. The van der Waals surface area contributed by atoms with Crippen LogP contribution in [0.2, 0.25) is 0 Å². The standard InChI is InChI=1S/C22H24N4O4/c1-15-3-5-16(6-4-15)21-26-17(13-28-21)12-25-22(23-2)24-9-10-27-18-7-8-19-20(11-18)30-14-29-19/h3-8,11,13H,9-10,12,14H2,1-2H3,(H2,23,24,25). The first-order valence-electron chi connectivity index (χ1n) is 9.69. The van der Waals surface area contributed by atoms with Gasteiger partial charge in [0.05, 0.1) is 18.8 Å². The summed E-state index contributed by atoms with van der Waals surface area (Å²) in [4.78, 5) is 8.74. The van der Waals surface area contributed by atoms with Crippen molar-refractivity contribution >= 4 is 5.96 Å². The lowest BCUT2D eigenvalue weighted by molar-refractivity contribution is 0.173. The topological polar surface area (TPSA) is 90.1 Å². The molecule has 1 aromatic heterocycles. The molecule has 0 saturated heterocycles. The van der Waals surface area contributed by atoms with Crippen LogP contribution in [0.1, 0.15) is 11.3 Å². The van der Waals surface area contributed by atoms with Gasteiger partial charge >= 0.3 is 0 Å². The van der Waals surface area contributed by atoms with Crippen molar-refractivity contribution in [3.05, 3.63) is 60.0 Å². The minimum Gasteiger partial charge on any atom is -0.492 e. The lowest BCUT2D eigenvalue weighted by Gasteiger charge is -2.12. The number of hydrogen-bond acceptors (Lipinski definition) is 6. The van der Waals surface area contributed by atoms with E-state index < -0.39 is 0 Å². The van der Waals surface area contributed by atoms with Crippen LogP contribution >= 0.6 is 0 Å². The van der Waals surface area contributed by atoms with E-state index in [1.165, 1.54) is 5.56 Å². The van der Waals surface area contributed by atoms with Gasteiger partial charge in [0, 0.05) is 18.7 Å². The molecule has 0 bridgehead atoms. The Morgan fingerprint density at radius 2 is 1.93 bits per heavy atom. The third kappa shape index (κ3) is 4.83. The number of oxazole rings is 1. The van der Waals surface area contributed by atoms with Gasteiger partial charge in [0.15, 0.2) is 17.5 Å². The minimum absolute atomic E-state index is 0.250. The molecular weight excluding hydrogens is 384 g/mol. The van der Waals surface area contributed by atoms with Crippen LogP contribution in [0.5, 0.6) is 17.2 Å². The maximum absolute atomic E-state index is 5.74. The second-order valence-electron chi connectivity index (χ2n) is 6.73. The number of hydrogen-bond donors (Lipinski definition) is 2. The van der Waals surface area contributed by atoms with Gasteiger partial charge < -0.3 is 29.3 Å². The SMILES string of the molecule is CN=C(NCCOc1ccc2c(c1)OCO2)NCc1coc(-c2ccc(C)cc2)n1. The molecule has 2 heterocycles. The Balaban J connectivity index is 1.21. The summed E-state index contributed by atoms with van der Waals surface area (Å²) in [5.74, 6) is 3.44. The van der Waals surface area contributed by atoms with Crippen LogP contribution in [0.4, 0.5) is 0 Å². The Hall–Kier alpha value is -3.68. The van der Waals surface area contributed by atoms with Gasteiger partial charge in [-0.15, -0.1) is 0 Å². The smallest absolute Gasteiger partial charge is 0.231 e. The van der Waals surface area contributed by atoms with Gasteiger partial charge in [-0.1, -0.05) is 17.7 Å². The summed E-state index contributed by atoms with van der Waals surface area (Å²) in [6.45, 7) is 3.86. The summed E-state index contributed by atoms with van der Waals surface area (Å²) < 4.78 is 22.0. The monoisotopic (exact) mass is 408 g/mol. The molecule has 0 aliphatic carbocycles. The number of guanidine groups is 1. The van der Waals surface area contributed by atoms with Crippen molar-refractivity contribution in [2.24, 2.45) is 4.99 Å². The fraction of sp³-hybridized carbons (Fsp3) is 0.273. The van der Waals surface area contributed by atoms with Crippen LogP contribution < -0.4 is 24.8 Å². The molecule has 0 fully saturated rings. The third-order valence-corrected chi connectivity index (χ3v) is 4.52. The summed E-state index contributed by atoms with van der Waals surface area (Å²) in [5, 5.41) is 6.42. The first-order valence-corrected chi connectivity index (χ1v) is 9.69. The van der Waals surface area contributed by atoms with E-state index in [2.05, 4.69) is 20.6 Å². The Labute approximate surface area is 174 Å². The number of benzene rings is 2. The highest BCUT2D eigenvalue weighted by atomic mass is 16.7. The lowest BCUT2D eigenvalue weighted by atomic mass is 10.1. The van der Waals surface area contributed by atoms with Gasteiger partial charge in [0.1, 0.15) is 18.6 Å². The average Bonchev–Trinajstić information content (AvgIpc) is 3.43. The van der Waals surface area contributed by atoms with Gasteiger partial charge in [-0.25, -0.2) is 4.98 Å². The summed E-state index contributed by atoms with van der Waals surface area (Å²) in [6, 6.07) is 13.6. The highest BCUT2D eigenvalue weighted by Crippen LogP contribution is 2.34. The number of fused-ring (bicyclic) bond motifs is 1. The van der Waals surface area contributed by atoms with Gasteiger partial charge in [-0.2, -0.15) is 0 Å². The van der Waals surface area contributed by atoms with Gasteiger partial charge in [0.2, 0.25) is 12.7 Å². The zero-order valence-electron chi connectivity index (χ0n) is 17.0. The second kappa shape index (κ2) is 9.21. The number of aliphatic imine (C=N–C) groups is 1. The molecule has 2 aromatic carbocycles. The van der Waals surface area contributed by atoms with Crippen LogP contribution in [0.25, 0.3) is 11.5 Å². The van der Waals surface area contributed by atoms with Crippen LogP contribution in [0.15, 0.2) is 58.1 Å². The van der Waals surface area contributed by atoms with Crippen molar-refractivity contribution < 1.29 is 18.6 Å². The average molecular weight is 408 g/mol. The van der Waals surface area contributed by atoms with Crippen molar-refractivity contribution in [2.45, 2.75) is 13.5 Å². The Morgan fingerprint density at radius 3 is 2.77 bits per heavy atom. The van der Waals surface area contributed by atoms with Gasteiger partial charge in [-0.05, 0) is 31.2 Å². The Morgan fingerprint density at radius 1 is 1.10 bits per heavy atom. The summed E-state index contributed by atoms with van der Waals surface area (Å²) in [7, 11) is 1.72. The van der Waals surface area contributed by atoms with Crippen molar-refractivity contribution in [2.75, 3.05) is 27.0 Å². The molecule has 8 heteroatoms. The molecule has 0 radical (unpaired) electrons. The molecule has 0 atom stereocenters. The maximum atomic E-state index is 5.74. The number of nitrogens with zero attached hydrogens (tertiary/aromatic N) is 2. The molecule has 0 amide bonds. The maximum Gasteiger partial charge on any atom is 0.231 e. The molecule has 0 spiro atoms. The van der Waals surface area contributed by atoms with Gasteiger partial charge in [0.25, 0.3) is 0 Å². The molecule has 30 heavy (non-hydrogen) atoms. The molecule has 1 aliphatic heterocycles. The molecule has 2 N–H and O–H groups in total. The Bertz CT molecular complexity index is 1010. The normalized spacial score (nSPS) is 12.7. The predicted molar refractivity (Wildman–Crippen MR) is 113 cm³/mol. The van der Waals surface area contributed by atoms with E-state index in [4.69, 9.17) is 18.6 Å². The molecule has 1 aliphatic rings. The first-order chi connectivity index (χ1) is 14.7. The van der Waals surface area contributed by atoms with Gasteiger partial charge in [-0.3, -0.25) is 4.99 Å². The van der Waals surface area contributed by atoms with Crippen LogP contribution in [0, 0.1) is 6.92 Å². The van der Waals surface area contributed by atoms with E-state index in [9.17, 15) is 0 Å². The molecule has 0 saturated carbocycles. The first kappa shape index (κ1) is 19.6. The van der Waals surface area contributed by atoms with Crippen molar-refractivity contribution in [3.8, 4) is 28.7 Å². The molecule has 3 aromatic rings. The van der Waals surface area contributed by atoms with E-state index in [1.54, 1.807) is 13.3 Å². The fourth-order valence-corrected chi connectivity index (χ4v) is 2.92. The quantitative estimate of drug-likeness (QED) is 0.353. The zero-order valence-corrected chi connectivity index (χ0v) is 17.0. The zero-order chi connectivity index (χ0) is 20.8. The van der Waals surface area contributed by atoms with Crippen molar-refractivity contribution in [1.29, 1.82) is 0 Å². The van der Waals surface area contributed by atoms with E-state index >= 15 is 0 Å². The highest BCUT2D eigenvalue weighted by molar-refractivity contribution is 5.79. The van der Waals surface area contributed by atoms with E-state index in [1.807, 2.05) is 49.4 Å². The van der Waals surface area contributed by atoms with Crippen LogP contribution in [0.3, 0.4) is 0 Å².